The van der Waals surface area contributed by atoms with Crippen LogP contribution in [0.3, 0.4) is 0 Å². The van der Waals surface area contributed by atoms with Crippen LogP contribution in [0, 0.1) is 0 Å². The molecule has 3 heterocycles. The van der Waals surface area contributed by atoms with E-state index in [9.17, 15) is 0 Å². The summed E-state index contributed by atoms with van der Waals surface area (Å²) in [4.78, 5) is 25.3. The van der Waals surface area contributed by atoms with Crippen molar-refractivity contribution in [1.82, 2.24) is 19.9 Å². The van der Waals surface area contributed by atoms with Crippen LogP contribution < -0.4 is 158 Å². The SMILES string of the molecule is CNc1nccc(-c2cccnc2Oc2ccc(Br)nc2)n1.O=C([O-])[O-].[Cs+].[Cs+]. The molecule has 0 amide bonds. The van der Waals surface area contributed by atoms with Crippen molar-refractivity contribution in [3.8, 4) is 22.9 Å². The maximum atomic E-state index is 8.33. The number of rotatable bonds is 4. The molecule has 0 aliphatic carbocycles. The molecule has 0 aliphatic rings. The number of halogens is 1. The van der Waals surface area contributed by atoms with E-state index in [4.69, 9.17) is 19.7 Å². The van der Waals surface area contributed by atoms with Crippen molar-refractivity contribution in [2.24, 2.45) is 0 Å². The third kappa shape index (κ3) is 10.2. The van der Waals surface area contributed by atoms with Crippen molar-refractivity contribution in [1.29, 1.82) is 0 Å². The number of aromatic nitrogens is 4. The van der Waals surface area contributed by atoms with Crippen LogP contribution in [0.15, 0.2) is 53.5 Å². The van der Waals surface area contributed by atoms with E-state index in [-0.39, 0.29) is 138 Å². The minimum Gasteiger partial charge on any atom is -0.652 e. The largest absolute Gasteiger partial charge is 1.00 e. The minimum atomic E-state index is -2.33. The molecule has 0 radical (unpaired) electrons. The summed E-state index contributed by atoms with van der Waals surface area (Å²) in [6.45, 7) is 0. The molecule has 28 heavy (non-hydrogen) atoms. The zero-order valence-electron chi connectivity index (χ0n) is 15.4. The van der Waals surface area contributed by atoms with E-state index in [1.807, 2.05) is 30.3 Å². The van der Waals surface area contributed by atoms with Gasteiger partial charge in [-0.2, -0.15) is 0 Å². The Labute approximate surface area is 287 Å². The maximum Gasteiger partial charge on any atom is 1.00 e. The van der Waals surface area contributed by atoms with Gasteiger partial charge in [-0.15, -0.1) is 0 Å². The summed E-state index contributed by atoms with van der Waals surface area (Å²) in [5.41, 5.74) is 1.51. The Morgan fingerprint density at radius 1 is 1.07 bits per heavy atom. The second-order valence-corrected chi connectivity index (χ2v) is 5.35. The fourth-order valence-electron chi connectivity index (χ4n) is 1.83. The summed E-state index contributed by atoms with van der Waals surface area (Å²) in [6, 6.07) is 9.17. The van der Waals surface area contributed by atoms with E-state index in [1.54, 1.807) is 25.6 Å². The molecule has 0 fully saturated rings. The van der Waals surface area contributed by atoms with Gasteiger partial charge in [-0.1, -0.05) is 0 Å². The molecule has 3 aromatic heterocycles. The monoisotopic (exact) mass is 683 g/mol. The van der Waals surface area contributed by atoms with Crippen molar-refractivity contribution in [2.45, 2.75) is 0 Å². The van der Waals surface area contributed by atoms with Crippen LogP contribution in [0.1, 0.15) is 0 Å². The molecule has 0 unspecified atom stereocenters. The normalized spacial score (nSPS) is 8.93. The summed E-state index contributed by atoms with van der Waals surface area (Å²) in [7, 11) is 1.77. The molecule has 0 spiro atoms. The molecule has 1 N–H and O–H groups in total. The number of hydrogen-bond donors (Lipinski definition) is 1. The first-order valence-corrected chi connectivity index (χ1v) is 7.92. The number of hydrogen-bond acceptors (Lipinski definition) is 9. The average Bonchev–Trinajstić information content (AvgIpc) is 2.64. The van der Waals surface area contributed by atoms with Gasteiger partial charge in [0.1, 0.15) is 10.4 Å². The maximum absolute atomic E-state index is 8.33. The zero-order chi connectivity index (χ0) is 18.9. The summed E-state index contributed by atoms with van der Waals surface area (Å²) < 4.78 is 6.56. The van der Waals surface area contributed by atoms with Gasteiger partial charge in [0.15, 0.2) is 0 Å². The fraction of sp³-hybridized carbons (Fsp3) is 0.0625. The molecule has 12 heteroatoms. The standard InChI is InChI=1S/C15H12BrN5O.CH2O3.2Cs/c1-17-15-19-8-6-12(21-15)11-3-2-7-18-14(11)22-10-4-5-13(16)20-9-10;2-1(3)4;;/h2-9H,1H3,(H,17,19,21);(H2,2,3,4);;/q;;2*+1/p-2. The zero-order valence-corrected chi connectivity index (χ0v) is 29.6. The number of anilines is 1. The summed E-state index contributed by atoms with van der Waals surface area (Å²) in [5, 5.41) is 19.6. The molecule has 0 aliphatic heterocycles. The second kappa shape index (κ2) is 15.6. The van der Waals surface area contributed by atoms with Crippen LogP contribution in [0.4, 0.5) is 10.7 Å². The van der Waals surface area contributed by atoms with Gasteiger partial charge in [0.05, 0.1) is 17.5 Å². The van der Waals surface area contributed by atoms with Crippen molar-refractivity contribution >= 4 is 28.0 Å². The molecular formula is C16H12BrCs2N5O4. The van der Waals surface area contributed by atoms with E-state index in [2.05, 4.69) is 41.2 Å². The Balaban J connectivity index is 0.00000111. The molecule has 0 saturated heterocycles. The van der Waals surface area contributed by atoms with E-state index < -0.39 is 6.16 Å². The van der Waals surface area contributed by atoms with Gasteiger partial charge in [0.2, 0.25) is 11.8 Å². The number of nitrogens with one attached hydrogen (secondary N) is 1. The van der Waals surface area contributed by atoms with E-state index in [1.165, 1.54) is 0 Å². The summed E-state index contributed by atoms with van der Waals surface area (Å²) in [6.07, 6.45) is 2.65. The smallest absolute Gasteiger partial charge is 0.652 e. The molecule has 9 nitrogen and oxygen atoms in total. The first kappa shape index (κ1) is 28.8. The Hall–Kier alpha value is 0.834. The van der Waals surface area contributed by atoms with E-state index in [0.717, 1.165) is 15.9 Å². The summed E-state index contributed by atoms with van der Waals surface area (Å²) in [5.74, 6) is 1.61. The molecule has 0 atom stereocenters. The molecule has 3 aromatic rings. The van der Waals surface area contributed by atoms with Crippen molar-refractivity contribution in [3.63, 3.8) is 0 Å². The Bertz CT molecular complexity index is 883. The average molecular weight is 684 g/mol. The number of nitrogens with zero attached hydrogens (tertiary/aromatic N) is 4. The number of carboxylic acid groups (broad SMARTS) is 2. The van der Waals surface area contributed by atoms with Crippen molar-refractivity contribution < 1.29 is 158 Å². The first-order valence-electron chi connectivity index (χ1n) is 7.13. The Kier molecular flexibility index (Phi) is 16.1. The number of carbonyl (C=O) groups excluding carboxylic acids is 1. The van der Waals surface area contributed by atoms with Gasteiger partial charge in [-0.3, -0.25) is 0 Å². The number of ether oxygens (including phenoxy) is 1. The molecule has 134 valence electrons. The van der Waals surface area contributed by atoms with Gasteiger partial charge >= 0.3 is 138 Å². The van der Waals surface area contributed by atoms with Crippen LogP contribution >= 0.6 is 15.9 Å². The predicted molar refractivity (Wildman–Crippen MR) is 92.2 cm³/mol. The summed E-state index contributed by atoms with van der Waals surface area (Å²) >= 11 is 3.29. The van der Waals surface area contributed by atoms with E-state index >= 15 is 0 Å². The molecule has 0 bridgehead atoms. The first-order chi connectivity index (χ1) is 12.5. The van der Waals surface area contributed by atoms with Gasteiger partial charge < -0.3 is 25.1 Å². The van der Waals surface area contributed by atoms with Gasteiger partial charge in [-0.25, -0.2) is 19.9 Å². The van der Waals surface area contributed by atoms with Crippen molar-refractivity contribution in [3.05, 3.63) is 53.5 Å². The van der Waals surface area contributed by atoms with Crippen LogP contribution in [-0.4, -0.2) is 33.1 Å². The van der Waals surface area contributed by atoms with Gasteiger partial charge in [-0.05, 0) is 52.4 Å². The third-order valence-electron chi connectivity index (χ3n) is 2.84. The molecule has 3 rings (SSSR count). The topological polar surface area (TPSA) is 136 Å². The fourth-order valence-corrected chi connectivity index (χ4v) is 2.07. The van der Waals surface area contributed by atoms with Gasteiger partial charge in [0, 0.05) is 19.4 Å². The Morgan fingerprint density at radius 2 is 1.79 bits per heavy atom. The van der Waals surface area contributed by atoms with Crippen LogP contribution in [0.5, 0.6) is 11.6 Å². The minimum absolute atomic E-state index is 0. The Morgan fingerprint density at radius 3 is 2.39 bits per heavy atom. The van der Waals surface area contributed by atoms with Crippen LogP contribution in [0.25, 0.3) is 11.3 Å². The van der Waals surface area contributed by atoms with Crippen molar-refractivity contribution in [2.75, 3.05) is 12.4 Å². The number of pyridine rings is 2. The van der Waals surface area contributed by atoms with Crippen LogP contribution in [0.2, 0.25) is 0 Å². The van der Waals surface area contributed by atoms with E-state index in [0.29, 0.717) is 17.6 Å². The predicted octanol–water partition coefficient (Wildman–Crippen LogP) is -4.91. The molecule has 0 saturated carbocycles. The third-order valence-corrected chi connectivity index (χ3v) is 3.31. The van der Waals surface area contributed by atoms with Crippen LogP contribution in [-0.2, 0) is 0 Å². The molecular weight excluding hydrogens is 672 g/mol. The second-order valence-electron chi connectivity index (χ2n) is 4.54. The van der Waals surface area contributed by atoms with Gasteiger partial charge in [0.25, 0.3) is 0 Å². The molecule has 0 aromatic carbocycles. The quantitative estimate of drug-likeness (QED) is 0.269. The number of carbonyl (C=O) groups is 1.